The molecule has 0 fully saturated rings. The minimum atomic E-state index is -0.716. The van der Waals surface area contributed by atoms with Crippen molar-refractivity contribution in [1.82, 2.24) is 15.3 Å². The summed E-state index contributed by atoms with van der Waals surface area (Å²) in [5, 5.41) is 2.91. The van der Waals surface area contributed by atoms with Crippen molar-refractivity contribution in [2.45, 2.75) is 92.0 Å². The zero-order valence-electron chi connectivity index (χ0n) is 22.6. The number of thiophene rings is 1. The van der Waals surface area contributed by atoms with Crippen molar-refractivity contribution in [2.24, 2.45) is 0 Å². The Morgan fingerprint density at radius 1 is 1.16 bits per heavy atom. The normalized spacial score (nSPS) is 12.9. The maximum atomic E-state index is 13.3. The van der Waals surface area contributed by atoms with Gasteiger partial charge in [0, 0.05) is 17.3 Å². The average molecular weight is 551 g/mol. The number of alkyl carbamates (subject to hydrolysis) is 1. The molecule has 3 heterocycles. The van der Waals surface area contributed by atoms with Gasteiger partial charge in [-0.15, -0.1) is 11.3 Å². The van der Waals surface area contributed by atoms with Crippen LogP contribution in [0.25, 0.3) is 10.2 Å². The maximum Gasteiger partial charge on any atom is 0.416 e. The molecule has 0 aromatic carbocycles. The molecule has 0 saturated carbocycles. The first-order valence-corrected chi connectivity index (χ1v) is 13.4. The summed E-state index contributed by atoms with van der Waals surface area (Å²) in [5.41, 5.74) is 0.364. The second-order valence-corrected chi connectivity index (χ2v) is 12.2. The smallest absolute Gasteiger partial charge is 0.416 e. The van der Waals surface area contributed by atoms with Gasteiger partial charge in [-0.2, -0.15) is 4.98 Å². The fourth-order valence-electron chi connectivity index (χ4n) is 3.68. The van der Waals surface area contributed by atoms with Crippen LogP contribution < -0.4 is 10.2 Å². The van der Waals surface area contributed by atoms with Gasteiger partial charge in [-0.05, 0) is 84.2 Å². The molecule has 3 rings (SSSR count). The summed E-state index contributed by atoms with van der Waals surface area (Å²) in [6, 6.07) is 3.33. The number of fused-ring (bicyclic) bond motifs is 1. The molecule has 1 N–H and O–H groups in total. The highest BCUT2D eigenvalue weighted by Crippen LogP contribution is 2.38. The number of aryl methyl sites for hydroxylation is 1. The number of hydrogen-bond donors (Lipinski definition) is 1. The quantitative estimate of drug-likeness (QED) is 0.319. The lowest BCUT2D eigenvalue weighted by Crippen LogP contribution is -2.38. The summed E-state index contributed by atoms with van der Waals surface area (Å²) < 4.78 is 17.3. The van der Waals surface area contributed by atoms with E-state index in [1.54, 1.807) is 39.2 Å². The highest BCUT2D eigenvalue weighted by Gasteiger charge is 2.30. The molecule has 0 unspecified atom stereocenters. The Bertz CT molecular complexity index is 1240. The summed E-state index contributed by atoms with van der Waals surface area (Å²) in [5.74, 6) is 0.913. The summed E-state index contributed by atoms with van der Waals surface area (Å²) in [4.78, 5) is 37.0. The number of nitrogens with one attached hydrogen (secondary N) is 1. The molecule has 3 aromatic heterocycles. The van der Waals surface area contributed by atoms with Crippen LogP contribution in [0.1, 0.15) is 71.6 Å². The lowest BCUT2D eigenvalue weighted by molar-refractivity contribution is 0.0506. The third-order valence-corrected chi connectivity index (χ3v) is 6.45. The molecule has 11 heteroatoms. The van der Waals surface area contributed by atoms with Crippen molar-refractivity contribution in [3.8, 4) is 0 Å². The van der Waals surface area contributed by atoms with E-state index in [1.807, 2.05) is 34.6 Å². The number of carbonyl (C=O) groups excluding carboxylic acids is 2. The minimum Gasteiger partial charge on any atom is -0.467 e. The first-order valence-electron chi connectivity index (χ1n) is 12.2. The van der Waals surface area contributed by atoms with Crippen LogP contribution in [-0.2, 0) is 28.9 Å². The van der Waals surface area contributed by atoms with Crippen molar-refractivity contribution < 1.29 is 23.5 Å². The van der Waals surface area contributed by atoms with E-state index < -0.39 is 23.4 Å². The van der Waals surface area contributed by atoms with Crippen LogP contribution in [-0.4, -0.2) is 39.4 Å². The van der Waals surface area contributed by atoms with E-state index in [4.69, 9.17) is 25.5 Å². The highest BCUT2D eigenvalue weighted by atomic mass is 35.5. The summed E-state index contributed by atoms with van der Waals surface area (Å²) in [7, 11) is 0. The van der Waals surface area contributed by atoms with Gasteiger partial charge in [0.2, 0.25) is 5.28 Å². The maximum absolute atomic E-state index is 13.3. The molecule has 0 radical (unpaired) electrons. The Morgan fingerprint density at radius 3 is 2.41 bits per heavy atom. The van der Waals surface area contributed by atoms with Crippen LogP contribution in [0, 0.1) is 0 Å². The number of ether oxygens (including phenoxy) is 2. The molecule has 37 heavy (non-hydrogen) atoms. The van der Waals surface area contributed by atoms with Crippen molar-refractivity contribution in [3.63, 3.8) is 0 Å². The number of anilines is 1. The Hall–Kier alpha value is -2.85. The molecule has 1 atom stereocenters. The predicted octanol–water partition coefficient (Wildman–Crippen LogP) is 6.90. The van der Waals surface area contributed by atoms with E-state index in [2.05, 4.69) is 15.3 Å². The standard InChI is InChI=1S/C26H35ClN4O5S/c1-9-17-18(13-15(2)28-23(32)35-25(3,4)5)37-20-19(17)29-22(27)30-21(20)31(14-16-11-10-12-34-16)24(33)36-26(6,7)8/h10-12,15H,9,13-14H2,1-8H3,(H,28,32)/t15-/m0/s1. The molecule has 0 saturated heterocycles. The van der Waals surface area contributed by atoms with E-state index in [1.165, 1.54) is 16.2 Å². The Balaban J connectivity index is 2.02. The molecule has 202 valence electrons. The zero-order valence-corrected chi connectivity index (χ0v) is 24.2. The SMILES string of the molecule is CCc1c(C[C@H](C)NC(=O)OC(C)(C)C)sc2c(N(Cc3ccco3)C(=O)OC(C)(C)C)nc(Cl)nc12. The van der Waals surface area contributed by atoms with Gasteiger partial charge in [-0.25, -0.2) is 14.6 Å². The minimum absolute atomic E-state index is 0.0227. The van der Waals surface area contributed by atoms with E-state index >= 15 is 0 Å². The van der Waals surface area contributed by atoms with Crippen LogP contribution in [0.2, 0.25) is 5.28 Å². The Labute approximate surface area is 226 Å². The molecular formula is C26H35ClN4O5S. The summed E-state index contributed by atoms with van der Waals surface area (Å²) >= 11 is 7.84. The second-order valence-electron chi connectivity index (χ2n) is 10.7. The largest absolute Gasteiger partial charge is 0.467 e. The molecule has 0 aliphatic carbocycles. The molecule has 2 amide bonds. The molecule has 3 aromatic rings. The number of carbonyl (C=O) groups is 2. The van der Waals surface area contributed by atoms with Gasteiger partial charge in [0.1, 0.15) is 17.0 Å². The van der Waals surface area contributed by atoms with Gasteiger partial charge in [-0.3, -0.25) is 4.90 Å². The zero-order chi connectivity index (χ0) is 27.5. The number of aromatic nitrogens is 2. The van der Waals surface area contributed by atoms with Gasteiger partial charge >= 0.3 is 12.2 Å². The molecule has 0 bridgehead atoms. The predicted molar refractivity (Wildman–Crippen MR) is 145 cm³/mol. The topological polar surface area (TPSA) is 107 Å². The Morgan fingerprint density at radius 2 is 1.84 bits per heavy atom. The molecule has 0 aliphatic rings. The molecule has 9 nitrogen and oxygen atoms in total. The fraction of sp³-hybridized carbons (Fsp3) is 0.538. The first-order chi connectivity index (χ1) is 17.2. The van der Waals surface area contributed by atoms with Crippen molar-refractivity contribution in [1.29, 1.82) is 0 Å². The third-order valence-electron chi connectivity index (χ3n) is 5.04. The van der Waals surface area contributed by atoms with Gasteiger partial charge in [0.15, 0.2) is 5.82 Å². The van der Waals surface area contributed by atoms with Crippen LogP contribution in [0.5, 0.6) is 0 Å². The van der Waals surface area contributed by atoms with Crippen molar-refractivity contribution in [3.05, 3.63) is 39.9 Å². The van der Waals surface area contributed by atoms with E-state index in [9.17, 15) is 9.59 Å². The molecule has 0 spiro atoms. The lowest BCUT2D eigenvalue weighted by atomic mass is 10.1. The Kier molecular flexibility index (Phi) is 8.74. The van der Waals surface area contributed by atoms with Gasteiger partial charge < -0.3 is 19.2 Å². The molecule has 0 aliphatic heterocycles. The van der Waals surface area contributed by atoms with E-state index in [0.29, 0.717) is 34.6 Å². The van der Waals surface area contributed by atoms with Crippen molar-refractivity contribution >= 4 is 51.2 Å². The second kappa shape index (κ2) is 11.3. The number of furan rings is 1. The highest BCUT2D eigenvalue weighted by molar-refractivity contribution is 7.19. The fourth-order valence-corrected chi connectivity index (χ4v) is 5.30. The van der Waals surface area contributed by atoms with Crippen LogP contribution in [0.15, 0.2) is 22.8 Å². The van der Waals surface area contributed by atoms with Crippen molar-refractivity contribution in [2.75, 3.05) is 4.90 Å². The van der Waals surface area contributed by atoms with Gasteiger partial charge in [-0.1, -0.05) is 6.92 Å². The number of hydrogen-bond acceptors (Lipinski definition) is 8. The van der Waals surface area contributed by atoms with Crippen LogP contribution in [0.3, 0.4) is 0 Å². The number of halogens is 1. The van der Waals surface area contributed by atoms with Gasteiger partial charge in [0.05, 0.1) is 23.0 Å². The molecular weight excluding hydrogens is 516 g/mol. The summed E-state index contributed by atoms with van der Waals surface area (Å²) in [6.45, 7) is 14.9. The first kappa shape index (κ1) is 28.7. The lowest BCUT2D eigenvalue weighted by Gasteiger charge is -2.26. The number of rotatable bonds is 7. The van der Waals surface area contributed by atoms with Crippen LogP contribution in [0.4, 0.5) is 15.4 Å². The van der Waals surface area contributed by atoms with Gasteiger partial charge in [0.25, 0.3) is 0 Å². The number of amides is 2. The van der Waals surface area contributed by atoms with E-state index in [-0.39, 0.29) is 17.9 Å². The average Bonchev–Trinajstić information content (AvgIpc) is 3.35. The monoisotopic (exact) mass is 550 g/mol. The van der Waals surface area contributed by atoms with Crippen LogP contribution >= 0.6 is 22.9 Å². The summed E-state index contributed by atoms with van der Waals surface area (Å²) in [6.07, 6.45) is 1.73. The van der Waals surface area contributed by atoms with E-state index in [0.717, 1.165) is 10.4 Å². The third kappa shape index (κ3) is 7.82. The number of nitrogens with zero attached hydrogens (tertiary/aromatic N) is 3.